The monoisotopic (exact) mass is 308 g/mol. The summed E-state index contributed by atoms with van der Waals surface area (Å²) in [6.07, 6.45) is -4.56. The molecule has 0 atom stereocenters. The number of rotatable bonds is 2. The minimum atomic E-state index is -4.56. The number of carbonyl (C=O) groups excluding carboxylic acids is 1. The summed E-state index contributed by atoms with van der Waals surface area (Å²) in [7, 11) is 3.08. The van der Waals surface area contributed by atoms with Crippen LogP contribution in [0.3, 0.4) is 0 Å². The van der Waals surface area contributed by atoms with Crippen LogP contribution in [-0.4, -0.2) is 31.1 Å². The summed E-state index contributed by atoms with van der Waals surface area (Å²) in [5, 5.41) is -0.387. The largest absolute Gasteiger partial charge is 0.417 e. The third-order valence-electron chi connectivity index (χ3n) is 2.64. The summed E-state index contributed by atoms with van der Waals surface area (Å²) in [4.78, 5) is 14.7. The zero-order chi connectivity index (χ0) is 15.7. The fourth-order valence-corrected chi connectivity index (χ4v) is 1.95. The van der Waals surface area contributed by atoms with Gasteiger partial charge in [0.25, 0.3) is 0 Å². The van der Waals surface area contributed by atoms with Crippen molar-refractivity contribution in [3.63, 3.8) is 0 Å². The van der Waals surface area contributed by atoms with Gasteiger partial charge in [-0.25, -0.2) is 4.79 Å². The van der Waals surface area contributed by atoms with Crippen molar-refractivity contribution in [1.29, 1.82) is 0 Å². The van der Waals surface area contributed by atoms with Gasteiger partial charge in [-0.05, 0) is 32.0 Å². The first-order valence-electron chi connectivity index (χ1n) is 5.93. The van der Waals surface area contributed by atoms with Crippen LogP contribution in [0.2, 0.25) is 5.02 Å². The van der Waals surface area contributed by atoms with Gasteiger partial charge in [0.2, 0.25) is 0 Å². The van der Waals surface area contributed by atoms with Crippen LogP contribution < -0.4 is 4.90 Å². The van der Waals surface area contributed by atoms with E-state index in [1.165, 1.54) is 30.0 Å². The second kappa shape index (κ2) is 5.91. The highest BCUT2D eigenvalue weighted by molar-refractivity contribution is 6.31. The Kier molecular flexibility index (Phi) is 4.91. The minimum absolute atomic E-state index is 0.162. The number of urea groups is 1. The Morgan fingerprint density at radius 1 is 1.25 bits per heavy atom. The Balaban J connectivity index is 3.33. The quantitative estimate of drug-likeness (QED) is 0.801. The predicted octanol–water partition coefficient (Wildman–Crippen LogP) is 4.26. The summed E-state index contributed by atoms with van der Waals surface area (Å²) in [5.41, 5.74) is -0.788. The molecule has 0 spiro atoms. The van der Waals surface area contributed by atoms with Crippen LogP contribution in [0, 0.1) is 0 Å². The molecule has 20 heavy (non-hydrogen) atoms. The number of carbonyl (C=O) groups is 1. The lowest BCUT2D eigenvalue weighted by molar-refractivity contribution is -0.137. The fourth-order valence-electron chi connectivity index (χ4n) is 1.73. The van der Waals surface area contributed by atoms with Crippen molar-refractivity contribution in [2.24, 2.45) is 0 Å². The molecule has 0 aliphatic carbocycles. The van der Waals surface area contributed by atoms with E-state index in [-0.39, 0.29) is 16.8 Å². The van der Waals surface area contributed by atoms with Gasteiger partial charge >= 0.3 is 12.2 Å². The maximum absolute atomic E-state index is 12.9. The van der Waals surface area contributed by atoms with Crippen molar-refractivity contribution < 1.29 is 18.0 Å². The fraction of sp³-hybridized carbons (Fsp3) is 0.462. The molecule has 0 aromatic heterocycles. The van der Waals surface area contributed by atoms with Gasteiger partial charge < -0.3 is 4.90 Å². The average molecular weight is 309 g/mol. The van der Waals surface area contributed by atoms with Crippen molar-refractivity contribution >= 4 is 23.3 Å². The highest BCUT2D eigenvalue weighted by atomic mass is 35.5. The van der Waals surface area contributed by atoms with Crippen molar-refractivity contribution in [2.45, 2.75) is 26.1 Å². The Morgan fingerprint density at radius 2 is 1.80 bits per heavy atom. The van der Waals surface area contributed by atoms with E-state index in [1.54, 1.807) is 13.8 Å². The van der Waals surface area contributed by atoms with Crippen molar-refractivity contribution in [3.05, 3.63) is 28.8 Å². The van der Waals surface area contributed by atoms with Gasteiger partial charge in [-0.15, -0.1) is 0 Å². The minimum Gasteiger partial charge on any atom is -0.330 e. The van der Waals surface area contributed by atoms with E-state index in [0.717, 1.165) is 12.1 Å². The van der Waals surface area contributed by atoms with Gasteiger partial charge in [-0.2, -0.15) is 13.2 Å². The van der Waals surface area contributed by atoms with Gasteiger partial charge in [0.1, 0.15) is 0 Å². The summed E-state index contributed by atoms with van der Waals surface area (Å²) in [6.45, 7) is 3.45. The maximum atomic E-state index is 12.9. The number of anilines is 1. The molecular weight excluding hydrogens is 293 g/mol. The molecule has 3 nitrogen and oxygen atoms in total. The van der Waals surface area contributed by atoms with Crippen LogP contribution in [0.25, 0.3) is 0 Å². The molecule has 0 N–H and O–H groups in total. The number of amides is 2. The van der Waals surface area contributed by atoms with E-state index in [0.29, 0.717) is 0 Å². The molecule has 0 radical (unpaired) electrons. The number of benzene rings is 1. The summed E-state index contributed by atoms with van der Waals surface area (Å²) in [5.74, 6) is 0. The first kappa shape index (κ1) is 16.6. The molecule has 1 rings (SSSR count). The van der Waals surface area contributed by atoms with Crippen molar-refractivity contribution in [2.75, 3.05) is 19.0 Å². The molecule has 2 amide bonds. The van der Waals surface area contributed by atoms with Gasteiger partial charge in [0.15, 0.2) is 0 Å². The van der Waals surface area contributed by atoms with Crippen LogP contribution in [0.5, 0.6) is 0 Å². The summed E-state index contributed by atoms with van der Waals surface area (Å²) in [6, 6.07) is 2.77. The van der Waals surface area contributed by atoms with Gasteiger partial charge in [-0.3, -0.25) is 4.90 Å². The standard InChI is InChI=1S/C13H16ClF3N2O/c1-8(2)19(12(20)18(3)4)9-5-6-11(14)10(7-9)13(15,16)17/h5-8H,1-4H3. The lowest BCUT2D eigenvalue weighted by Crippen LogP contribution is -2.43. The van der Waals surface area contributed by atoms with Crippen molar-refractivity contribution in [3.8, 4) is 0 Å². The normalized spacial score (nSPS) is 11.7. The molecule has 0 unspecified atom stereocenters. The molecule has 0 aliphatic heterocycles. The van der Waals surface area contributed by atoms with Gasteiger partial charge in [0.05, 0.1) is 10.6 Å². The summed E-state index contributed by atoms with van der Waals surface area (Å²) < 4.78 is 38.6. The van der Waals surface area contributed by atoms with Crippen molar-refractivity contribution in [1.82, 2.24) is 4.90 Å². The summed E-state index contributed by atoms with van der Waals surface area (Å²) >= 11 is 5.57. The Morgan fingerprint density at radius 3 is 2.20 bits per heavy atom. The lowest BCUT2D eigenvalue weighted by atomic mass is 10.1. The van der Waals surface area contributed by atoms with E-state index in [4.69, 9.17) is 11.6 Å². The SMILES string of the molecule is CC(C)N(C(=O)N(C)C)c1ccc(Cl)c(C(F)(F)F)c1. The first-order chi connectivity index (χ1) is 9.05. The molecule has 0 fully saturated rings. The molecule has 7 heteroatoms. The Hall–Kier alpha value is -1.43. The number of halogens is 4. The lowest BCUT2D eigenvalue weighted by Gasteiger charge is -2.30. The van der Waals surface area contributed by atoms with E-state index < -0.39 is 17.8 Å². The number of alkyl halides is 3. The van der Waals surface area contributed by atoms with E-state index >= 15 is 0 Å². The van der Waals surface area contributed by atoms with E-state index in [9.17, 15) is 18.0 Å². The molecule has 0 saturated carbocycles. The highest BCUT2D eigenvalue weighted by Gasteiger charge is 2.34. The van der Waals surface area contributed by atoms with Crippen LogP contribution >= 0.6 is 11.6 Å². The predicted molar refractivity (Wildman–Crippen MR) is 73.2 cm³/mol. The maximum Gasteiger partial charge on any atom is 0.417 e. The molecule has 0 aliphatic rings. The molecule has 112 valence electrons. The Bertz CT molecular complexity index is 501. The third kappa shape index (κ3) is 3.56. The van der Waals surface area contributed by atoms with Crippen LogP contribution in [-0.2, 0) is 6.18 Å². The highest BCUT2D eigenvalue weighted by Crippen LogP contribution is 2.37. The molecule has 1 aromatic rings. The van der Waals surface area contributed by atoms with Crippen LogP contribution in [0.15, 0.2) is 18.2 Å². The van der Waals surface area contributed by atoms with Gasteiger partial charge in [0, 0.05) is 25.8 Å². The molecule has 1 aromatic carbocycles. The number of hydrogen-bond acceptors (Lipinski definition) is 1. The second-order valence-electron chi connectivity index (χ2n) is 4.80. The second-order valence-corrected chi connectivity index (χ2v) is 5.21. The molecule has 0 heterocycles. The zero-order valence-corrected chi connectivity index (χ0v) is 12.4. The van der Waals surface area contributed by atoms with E-state index in [2.05, 4.69) is 0 Å². The topological polar surface area (TPSA) is 23.6 Å². The van der Waals surface area contributed by atoms with Gasteiger partial charge in [-0.1, -0.05) is 11.6 Å². The van der Waals surface area contributed by atoms with E-state index in [1.807, 2.05) is 0 Å². The third-order valence-corrected chi connectivity index (χ3v) is 2.97. The zero-order valence-electron chi connectivity index (χ0n) is 11.6. The van der Waals surface area contributed by atoms with Crippen LogP contribution in [0.1, 0.15) is 19.4 Å². The molecule has 0 bridgehead atoms. The van der Waals surface area contributed by atoms with Crippen LogP contribution in [0.4, 0.5) is 23.7 Å². The first-order valence-corrected chi connectivity index (χ1v) is 6.30. The number of hydrogen-bond donors (Lipinski definition) is 0. The molecule has 0 saturated heterocycles. The average Bonchev–Trinajstić information content (AvgIpc) is 2.29. The Labute approximate surface area is 120 Å². The number of nitrogens with zero attached hydrogens (tertiary/aromatic N) is 2. The molecular formula is C13H16ClF3N2O. The smallest absolute Gasteiger partial charge is 0.330 e.